The summed E-state index contributed by atoms with van der Waals surface area (Å²) in [6.07, 6.45) is 6.06. The third-order valence-corrected chi connectivity index (χ3v) is 7.69. The highest BCUT2D eigenvalue weighted by Crippen LogP contribution is 2.47. The summed E-state index contributed by atoms with van der Waals surface area (Å²) in [6, 6.07) is 15.7. The van der Waals surface area contributed by atoms with E-state index in [1.54, 1.807) is 0 Å². The Morgan fingerprint density at radius 2 is 1.84 bits per heavy atom. The van der Waals surface area contributed by atoms with Crippen molar-refractivity contribution < 1.29 is 24.2 Å². The zero-order chi connectivity index (χ0) is 25.6. The van der Waals surface area contributed by atoms with Crippen molar-refractivity contribution in [3.8, 4) is 5.75 Å². The lowest BCUT2D eigenvalue weighted by Crippen LogP contribution is -2.47. The van der Waals surface area contributed by atoms with Crippen LogP contribution in [0.1, 0.15) is 62.0 Å². The average Bonchev–Trinajstić information content (AvgIpc) is 3.27. The summed E-state index contributed by atoms with van der Waals surface area (Å²) in [5.41, 5.74) is 2.87. The average molecular weight is 508 g/mol. The summed E-state index contributed by atoms with van der Waals surface area (Å²) in [6.45, 7) is 0.380. The van der Waals surface area contributed by atoms with Gasteiger partial charge in [0, 0.05) is 29.8 Å². The fourth-order valence-electron chi connectivity index (χ4n) is 5.84. The second-order valence-electron chi connectivity index (χ2n) is 10.4. The Kier molecular flexibility index (Phi) is 8.26. The van der Waals surface area contributed by atoms with Crippen LogP contribution in [0.15, 0.2) is 48.5 Å². The summed E-state index contributed by atoms with van der Waals surface area (Å²) in [4.78, 5) is 25.2. The maximum atomic E-state index is 12.6. The summed E-state index contributed by atoms with van der Waals surface area (Å²) in [7, 11) is 0. The SMILES string of the molecule is O=C(C[C@@H]1C[C@H]2c3cc(NC(=O)NC4CCCCC4)ccc3O[C@H]2[C@H](CO)O1)NCCc1ccccc1. The molecule has 0 bridgehead atoms. The standard InChI is InChI=1S/C29H37N3O5/c33-18-26-28-24(16-22(36-26)17-27(34)30-14-13-19-7-3-1-4-8-19)23-15-21(11-12-25(23)37-28)32-29(35)31-20-9-5-2-6-10-20/h1,3-4,7-8,11-12,15,20,22,24,26,28,33H,2,5-6,9-10,13-14,16-18H2,(H,30,34)(H2,31,32,35)/t22-,24-,26-,28+/m0/s1. The number of ether oxygens (including phenoxy) is 2. The molecule has 1 saturated carbocycles. The van der Waals surface area contributed by atoms with Crippen LogP contribution < -0.4 is 20.7 Å². The Morgan fingerprint density at radius 3 is 2.62 bits per heavy atom. The van der Waals surface area contributed by atoms with Gasteiger partial charge in [0.2, 0.25) is 5.91 Å². The molecule has 198 valence electrons. The molecule has 8 heteroatoms. The van der Waals surface area contributed by atoms with Gasteiger partial charge in [0.1, 0.15) is 18.0 Å². The molecule has 37 heavy (non-hydrogen) atoms. The first kappa shape index (κ1) is 25.5. The predicted molar refractivity (Wildman–Crippen MR) is 141 cm³/mol. The van der Waals surface area contributed by atoms with Crippen molar-refractivity contribution in [3.05, 3.63) is 59.7 Å². The lowest BCUT2D eigenvalue weighted by molar-refractivity contribution is -0.142. The number of carbonyl (C=O) groups excluding carboxylic acids is 2. The third-order valence-electron chi connectivity index (χ3n) is 7.69. The largest absolute Gasteiger partial charge is 0.487 e. The van der Waals surface area contributed by atoms with Gasteiger partial charge in [-0.15, -0.1) is 0 Å². The maximum absolute atomic E-state index is 12.6. The fraction of sp³-hybridized carbons (Fsp3) is 0.517. The maximum Gasteiger partial charge on any atom is 0.319 e. The molecule has 0 radical (unpaired) electrons. The lowest BCUT2D eigenvalue weighted by Gasteiger charge is -2.37. The molecule has 8 nitrogen and oxygen atoms in total. The highest BCUT2D eigenvalue weighted by Gasteiger charge is 2.46. The molecule has 1 saturated heterocycles. The van der Waals surface area contributed by atoms with Crippen molar-refractivity contribution in [2.75, 3.05) is 18.5 Å². The number of rotatable bonds is 8. The van der Waals surface area contributed by atoms with Gasteiger partial charge < -0.3 is 30.5 Å². The summed E-state index contributed by atoms with van der Waals surface area (Å²) in [5, 5.41) is 19.0. The molecule has 0 unspecified atom stereocenters. The number of carbonyl (C=O) groups is 2. The van der Waals surface area contributed by atoms with E-state index in [1.165, 1.54) is 12.0 Å². The Bertz CT molecular complexity index is 1070. The van der Waals surface area contributed by atoms with Crippen LogP contribution in [-0.4, -0.2) is 54.6 Å². The molecule has 4 N–H and O–H groups in total. The highest BCUT2D eigenvalue weighted by atomic mass is 16.6. The third kappa shape index (κ3) is 6.43. The van der Waals surface area contributed by atoms with Gasteiger partial charge in [-0.1, -0.05) is 49.6 Å². The number of urea groups is 1. The predicted octanol–water partition coefficient (Wildman–Crippen LogP) is 3.88. The molecule has 5 rings (SSSR count). The van der Waals surface area contributed by atoms with E-state index in [0.717, 1.165) is 43.4 Å². The number of benzene rings is 2. The van der Waals surface area contributed by atoms with Crippen LogP contribution in [0.4, 0.5) is 10.5 Å². The van der Waals surface area contributed by atoms with E-state index in [-0.39, 0.29) is 49.1 Å². The Morgan fingerprint density at radius 1 is 1.03 bits per heavy atom. The van der Waals surface area contributed by atoms with Gasteiger partial charge in [0.15, 0.2) is 0 Å². The molecule has 0 aromatic heterocycles. The Labute approximate surface area is 218 Å². The topological polar surface area (TPSA) is 109 Å². The van der Waals surface area contributed by atoms with E-state index in [4.69, 9.17) is 9.47 Å². The van der Waals surface area contributed by atoms with Crippen molar-refractivity contribution in [3.63, 3.8) is 0 Å². The molecular weight excluding hydrogens is 470 g/mol. The van der Waals surface area contributed by atoms with Crippen molar-refractivity contribution >= 4 is 17.6 Å². The molecule has 0 spiro atoms. The smallest absolute Gasteiger partial charge is 0.319 e. The van der Waals surface area contributed by atoms with Crippen molar-refractivity contribution in [2.45, 2.75) is 81.6 Å². The first-order chi connectivity index (χ1) is 18.1. The van der Waals surface area contributed by atoms with Gasteiger partial charge in [-0.25, -0.2) is 4.79 Å². The molecule has 1 aliphatic carbocycles. The van der Waals surface area contributed by atoms with Gasteiger partial charge in [-0.3, -0.25) is 4.79 Å². The van der Waals surface area contributed by atoms with Gasteiger partial charge in [-0.2, -0.15) is 0 Å². The summed E-state index contributed by atoms with van der Waals surface area (Å²) >= 11 is 0. The van der Waals surface area contributed by atoms with Crippen LogP contribution in [0, 0.1) is 0 Å². The van der Waals surface area contributed by atoms with Gasteiger partial charge >= 0.3 is 6.03 Å². The fourth-order valence-corrected chi connectivity index (χ4v) is 5.84. The molecule has 3 aliphatic rings. The second-order valence-corrected chi connectivity index (χ2v) is 10.4. The van der Waals surface area contributed by atoms with E-state index < -0.39 is 6.10 Å². The minimum absolute atomic E-state index is 0.0221. The quantitative estimate of drug-likeness (QED) is 0.434. The van der Waals surface area contributed by atoms with Crippen LogP contribution in [-0.2, 0) is 16.0 Å². The van der Waals surface area contributed by atoms with E-state index in [0.29, 0.717) is 18.7 Å². The number of aliphatic hydroxyl groups is 1. The van der Waals surface area contributed by atoms with Crippen molar-refractivity contribution in [1.29, 1.82) is 0 Å². The molecular formula is C29H37N3O5. The van der Waals surface area contributed by atoms with Crippen molar-refractivity contribution in [2.24, 2.45) is 0 Å². The molecule has 4 atom stereocenters. The second kappa shape index (κ2) is 12.0. The molecule has 2 aromatic rings. The van der Waals surface area contributed by atoms with Crippen molar-refractivity contribution in [1.82, 2.24) is 10.6 Å². The van der Waals surface area contributed by atoms with E-state index >= 15 is 0 Å². The van der Waals surface area contributed by atoms with Gasteiger partial charge in [0.25, 0.3) is 0 Å². The highest BCUT2D eigenvalue weighted by molar-refractivity contribution is 5.89. The zero-order valence-electron chi connectivity index (χ0n) is 21.2. The van der Waals surface area contributed by atoms with Crippen LogP contribution >= 0.6 is 0 Å². The summed E-state index contributed by atoms with van der Waals surface area (Å²) < 4.78 is 12.2. The minimum Gasteiger partial charge on any atom is -0.487 e. The van der Waals surface area contributed by atoms with Gasteiger partial charge in [0.05, 0.1) is 19.1 Å². The van der Waals surface area contributed by atoms with Crippen LogP contribution in [0.5, 0.6) is 5.75 Å². The van der Waals surface area contributed by atoms with Crippen LogP contribution in [0.25, 0.3) is 0 Å². The minimum atomic E-state index is -0.515. The van der Waals surface area contributed by atoms with E-state index in [2.05, 4.69) is 16.0 Å². The number of hydrogen-bond donors (Lipinski definition) is 4. The van der Waals surface area contributed by atoms with Crippen LogP contribution in [0.2, 0.25) is 0 Å². The summed E-state index contributed by atoms with van der Waals surface area (Å²) in [5.74, 6) is 0.652. The monoisotopic (exact) mass is 507 g/mol. The first-order valence-corrected chi connectivity index (χ1v) is 13.5. The van der Waals surface area contributed by atoms with Gasteiger partial charge in [-0.05, 0) is 49.4 Å². The lowest BCUT2D eigenvalue weighted by atomic mass is 9.84. The Balaban J connectivity index is 1.18. The molecule has 2 fully saturated rings. The Hall–Kier alpha value is -3.10. The number of aliphatic hydroxyl groups excluding tert-OH is 1. The van der Waals surface area contributed by atoms with Crippen LogP contribution in [0.3, 0.4) is 0 Å². The zero-order valence-corrected chi connectivity index (χ0v) is 21.2. The number of nitrogens with one attached hydrogen (secondary N) is 3. The molecule has 2 aromatic carbocycles. The van der Waals surface area contributed by atoms with E-state index in [1.807, 2.05) is 48.5 Å². The number of anilines is 1. The van der Waals surface area contributed by atoms with E-state index in [9.17, 15) is 14.7 Å². The normalized spacial score (nSPS) is 24.9. The first-order valence-electron chi connectivity index (χ1n) is 13.5. The molecule has 2 heterocycles. The molecule has 3 amide bonds. The molecule has 2 aliphatic heterocycles. The number of fused-ring (bicyclic) bond motifs is 3. The number of amides is 3. The number of hydrogen-bond acceptors (Lipinski definition) is 5.